The van der Waals surface area contributed by atoms with Crippen LogP contribution in [0.2, 0.25) is 0 Å². The van der Waals surface area contributed by atoms with E-state index in [4.69, 9.17) is 4.74 Å². The number of ether oxygens (including phenoxy) is 1. The largest absolute Gasteiger partial charge is 0.513 e. The Hall–Kier alpha value is -3.90. The smallest absolute Gasteiger partial charge is 0.184 e. The molecule has 2 aromatic carbocycles. The monoisotopic (exact) mass is 502 g/mol. The van der Waals surface area contributed by atoms with Crippen LogP contribution in [0, 0.1) is 0 Å². The normalized spacial score (nSPS) is 9.97. The van der Waals surface area contributed by atoms with E-state index in [0.717, 1.165) is 33.9 Å². The third-order valence-corrected chi connectivity index (χ3v) is 4.93. The fourth-order valence-corrected chi connectivity index (χ4v) is 3.09. The summed E-state index contributed by atoms with van der Waals surface area (Å²) in [6.07, 6.45) is 6.73. The Balaban J connectivity index is 0.00000104. The van der Waals surface area contributed by atoms with Gasteiger partial charge in [0, 0.05) is 36.8 Å². The van der Waals surface area contributed by atoms with Crippen molar-refractivity contribution in [2.24, 2.45) is 0 Å². The van der Waals surface area contributed by atoms with Gasteiger partial charge in [-0.15, -0.1) is 0 Å². The van der Waals surface area contributed by atoms with Gasteiger partial charge in [-0.1, -0.05) is 75.0 Å². The van der Waals surface area contributed by atoms with Gasteiger partial charge in [0.1, 0.15) is 12.4 Å². The molecule has 0 unspecified atom stereocenters. The number of hydrogen-bond donors (Lipinski definition) is 3. The van der Waals surface area contributed by atoms with E-state index in [-0.39, 0.29) is 5.76 Å². The lowest BCUT2D eigenvalue weighted by Crippen LogP contribution is -2.13. The second kappa shape index (κ2) is 18.4. The molecule has 0 aliphatic rings. The molecule has 198 valence electrons. The van der Waals surface area contributed by atoms with Crippen molar-refractivity contribution >= 4 is 5.69 Å². The molecule has 0 radical (unpaired) electrons. The summed E-state index contributed by atoms with van der Waals surface area (Å²) in [4.78, 5) is 9.11. The Morgan fingerprint density at radius 3 is 2.19 bits per heavy atom. The highest BCUT2D eigenvalue weighted by atomic mass is 16.5. The van der Waals surface area contributed by atoms with Gasteiger partial charge < -0.3 is 20.5 Å². The lowest BCUT2D eigenvalue weighted by atomic mass is 10.1. The topological polar surface area (TPSA) is 79.3 Å². The van der Waals surface area contributed by atoms with E-state index in [0.29, 0.717) is 31.9 Å². The summed E-state index contributed by atoms with van der Waals surface area (Å²) in [6.45, 7) is 16.6. The van der Waals surface area contributed by atoms with E-state index in [2.05, 4.69) is 33.8 Å². The number of rotatable bonds is 11. The first-order valence-electron chi connectivity index (χ1n) is 12.6. The van der Waals surface area contributed by atoms with Gasteiger partial charge in [0.2, 0.25) is 0 Å². The van der Waals surface area contributed by atoms with E-state index in [9.17, 15) is 5.11 Å². The first-order chi connectivity index (χ1) is 17.9. The molecule has 1 heterocycles. The second-order valence-electron chi connectivity index (χ2n) is 7.89. The number of nitrogens with one attached hydrogen (secondary N) is 2. The van der Waals surface area contributed by atoms with Crippen molar-refractivity contribution < 1.29 is 9.84 Å². The zero-order valence-corrected chi connectivity index (χ0v) is 22.9. The van der Waals surface area contributed by atoms with Crippen molar-refractivity contribution in [1.82, 2.24) is 15.3 Å². The Kier molecular flexibility index (Phi) is 15.5. The lowest BCUT2D eigenvalue weighted by Gasteiger charge is -2.12. The number of anilines is 1. The number of benzene rings is 2. The van der Waals surface area contributed by atoms with Gasteiger partial charge in [-0.05, 0) is 50.7 Å². The summed E-state index contributed by atoms with van der Waals surface area (Å²) >= 11 is 0. The highest BCUT2D eigenvalue weighted by Gasteiger charge is 2.09. The predicted octanol–water partition coefficient (Wildman–Crippen LogP) is 7.11. The number of allylic oxidation sites excluding steroid dienone is 3. The quantitative estimate of drug-likeness (QED) is 0.192. The average Bonchev–Trinajstić information content (AvgIpc) is 2.92. The first kappa shape index (κ1) is 31.1. The van der Waals surface area contributed by atoms with Crippen molar-refractivity contribution in [3.8, 4) is 0 Å². The SMILES string of the molecule is C/C=C\C.C=C(O)Cc1cnc(Cc2ccc(NC(=C)OCc3ccccc3)cc2)nc1CNC.CC. The Bertz CT molecular complexity index is 1090. The number of aromatic nitrogens is 2. The van der Waals surface area contributed by atoms with E-state index in [1.54, 1.807) is 6.20 Å². The molecule has 37 heavy (non-hydrogen) atoms. The Labute approximate surface area is 222 Å². The van der Waals surface area contributed by atoms with Crippen molar-refractivity contribution in [2.75, 3.05) is 12.4 Å². The van der Waals surface area contributed by atoms with Crippen LogP contribution in [0.5, 0.6) is 0 Å². The van der Waals surface area contributed by atoms with Crippen LogP contribution in [0.4, 0.5) is 5.69 Å². The van der Waals surface area contributed by atoms with Crippen LogP contribution < -0.4 is 10.6 Å². The summed E-state index contributed by atoms with van der Waals surface area (Å²) < 4.78 is 5.68. The molecule has 0 aliphatic heterocycles. The van der Waals surface area contributed by atoms with Gasteiger partial charge in [0.05, 0.1) is 11.5 Å². The van der Waals surface area contributed by atoms with Crippen LogP contribution in [0.1, 0.15) is 55.9 Å². The standard InChI is InChI=1S/C25H28N4O2.C4H8.C2H6/c1-18(30)13-22-15-27-25(29-24(22)16-26-3)14-20-9-11-23(12-10-20)28-19(2)31-17-21-7-5-4-6-8-21;1-3-4-2;1-2/h4-12,15,26,28,30H,1-2,13-14,16-17H2,3H3;3-4H,1-2H3;1-2H3/b;4-3-;. The molecule has 0 aliphatic carbocycles. The zero-order valence-electron chi connectivity index (χ0n) is 22.9. The highest BCUT2D eigenvalue weighted by molar-refractivity contribution is 5.48. The fraction of sp³-hybridized carbons (Fsp3) is 0.290. The molecule has 3 N–H and O–H groups in total. The van der Waals surface area contributed by atoms with Crippen LogP contribution in [0.25, 0.3) is 0 Å². The van der Waals surface area contributed by atoms with Crippen LogP contribution in [0.15, 0.2) is 97.7 Å². The predicted molar refractivity (Wildman–Crippen MR) is 155 cm³/mol. The molecule has 0 spiro atoms. The molecule has 0 atom stereocenters. The molecule has 0 amide bonds. The van der Waals surface area contributed by atoms with Crippen LogP contribution in [-0.4, -0.2) is 22.1 Å². The molecule has 6 nitrogen and oxygen atoms in total. The van der Waals surface area contributed by atoms with Crippen molar-refractivity contribution in [1.29, 1.82) is 0 Å². The van der Waals surface area contributed by atoms with Gasteiger partial charge in [0.15, 0.2) is 5.88 Å². The summed E-state index contributed by atoms with van der Waals surface area (Å²) in [5.74, 6) is 1.33. The second-order valence-corrected chi connectivity index (χ2v) is 7.89. The molecule has 0 bridgehead atoms. The minimum absolute atomic E-state index is 0.103. The molecule has 1 aromatic heterocycles. The Morgan fingerprint density at radius 1 is 0.973 bits per heavy atom. The highest BCUT2D eigenvalue weighted by Crippen LogP contribution is 2.16. The third-order valence-electron chi connectivity index (χ3n) is 4.93. The van der Waals surface area contributed by atoms with Gasteiger partial charge in [-0.2, -0.15) is 0 Å². The van der Waals surface area contributed by atoms with E-state index >= 15 is 0 Å². The van der Waals surface area contributed by atoms with Gasteiger partial charge in [0.25, 0.3) is 0 Å². The maximum Gasteiger partial charge on any atom is 0.184 e. The molecular weight excluding hydrogens is 460 g/mol. The minimum atomic E-state index is 0.103. The lowest BCUT2D eigenvalue weighted by molar-refractivity contribution is 0.205. The van der Waals surface area contributed by atoms with Crippen molar-refractivity contribution in [3.05, 3.63) is 126 Å². The summed E-state index contributed by atoms with van der Waals surface area (Å²) in [6, 6.07) is 18.0. The molecule has 0 saturated carbocycles. The van der Waals surface area contributed by atoms with Crippen LogP contribution in [0.3, 0.4) is 0 Å². The summed E-state index contributed by atoms with van der Waals surface area (Å²) in [5, 5.41) is 15.8. The van der Waals surface area contributed by atoms with E-state index in [1.165, 1.54) is 0 Å². The van der Waals surface area contributed by atoms with Crippen molar-refractivity contribution in [3.63, 3.8) is 0 Å². The maximum atomic E-state index is 9.49. The molecule has 6 heteroatoms. The molecule has 3 rings (SSSR count). The molecular formula is C31H42N4O2. The number of nitrogens with zero attached hydrogens (tertiary/aromatic N) is 2. The van der Waals surface area contributed by atoms with E-state index < -0.39 is 0 Å². The first-order valence-corrected chi connectivity index (χ1v) is 12.6. The third kappa shape index (κ3) is 12.6. The minimum Gasteiger partial charge on any atom is -0.513 e. The Morgan fingerprint density at radius 2 is 1.62 bits per heavy atom. The van der Waals surface area contributed by atoms with Crippen LogP contribution >= 0.6 is 0 Å². The fourth-order valence-electron chi connectivity index (χ4n) is 3.09. The molecule has 3 aromatic rings. The van der Waals surface area contributed by atoms with Gasteiger partial charge >= 0.3 is 0 Å². The number of aliphatic hydroxyl groups is 1. The number of hydrogen-bond acceptors (Lipinski definition) is 6. The summed E-state index contributed by atoms with van der Waals surface area (Å²) in [5.41, 5.74) is 4.83. The zero-order chi connectivity index (χ0) is 27.5. The van der Waals surface area contributed by atoms with E-state index in [1.807, 2.05) is 101 Å². The number of aliphatic hydroxyl groups excluding tert-OH is 1. The maximum absolute atomic E-state index is 9.49. The van der Waals surface area contributed by atoms with Crippen LogP contribution in [-0.2, 0) is 30.7 Å². The summed E-state index contributed by atoms with van der Waals surface area (Å²) in [7, 11) is 1.86. The van der Waals surface area contributed by atoms with Gasteiger partial charge in [-0.3, -0.25) is 0 Å². The van der Waals surface area contributed by atoms with Gasteiger partial charge in [-0.25, -0.2) is 9.97 Å². The molecule has 0 saturated heterocycles. The average molecular weight is 503 g/mol. The van der Waals surface area contributed by atoms with Crippen molar-refractivity contribution in [2.45, 2.75) is 53.7 Å². The molecule has 0 fully saturated rings.